The highest BCUT2D eigenvalue weighted by Gasteiger charge is 2.26. The summed E-state index contributed by atoms with van der Waals surface area (Å²) < 4.78 is 13.8. The van der Waals surface area contributed by atoms with E-state index in [0.29, 0.717) is 6.54 Å². The van der Waals surface area contributed by atoms with E-state index in [1.807, 2.05) is 56.3 Å². The topological polar surface area (TPSA) is 35.6 Å². The predicted molar refractivity (Wildman–Crippen MR) is 106 cm³/mol. The Hall–Kier alpha value is -2.24. The van der Waals surface area contributed by atoms with Crippen molar-refractivity contribution in [3.8, 4) is 0 Å². The first-order valence-corrected chi connectivity index (χ1v) is 9.59. The fraction of sp³-hybridized carbons (Fsp3) is 0.409. The number of hydrogen-bond donors (Lipinski definition) is 1. The highest BCUT2D eigenvalue weighted by Crippen LogP contribution is 2.15. The van der Waals surface area contributed by atoms with Crippen LogP contribution in [0.15, 0.2) is 54.6 Å². The molecular formula is C22H28FN3O. The molecule has 3 rings (SSSR count). The number of amides is 1. The molecular weight excluding hydrogens is 341 g/mol. The lowest BCUT2D eigenvalue weighted by Crippen LogP contribution is -2.53. The molecule has 0 aliphatic carbocycles. The van der Waals surface area contributed by atoms with Gasteiger partial charge in [-0.1, -0.05) is 48.5 Å². The molecule has 1 aliphatic heterocycles. The molecule has 1 amide bonds. The molecule has 0 radical (unpaired) electrons. The van der Waals surface area contributed by atoms with E-state index < -0.39 is 0 Å². The molecule has 5 heteroatoms. The molecule has 1 N–H and O–H groups in total. The lowest BCUT2D eigenvalue weighted by molar-refractivity contribution is -0.127. The van der Waals surface area contributed by atoms with Crippen molar-refractivity contribution in [1.29, 1.82) is 0 Å². The van der Waals surface area contributed by atoms with Gasteiger partial charge in [0.2, 0.25) is 5.91 Å². The van der Waals surface area contributed by atoms with Crippen molar-refractivity contribution in [2.24, 2.45) is 0 Å². The molecule has 1 fully saturated rings. The molecule has 0 spiro atoms. The first-order valence-electron chi connectivity index (χ1n) is 9.59. The van der Waals surface area contributed by atoms with E-state index in [2.05, 4.69) is 15.1 Å². The maximum atomic E-state index is 13.8. The minimum atomic E-state index is -0.174. The van der Waals surface area contributed by atoms with Gasteiger partial charge in [0.25, 0.3) is 0 Å². The molecule has 0 aromatic heterocycles. The van der Waals surface area contributed by atoms with E-state index in [9.17, 15) is 9.18 Å². The van der Waals surface area contributed by atoms with Gasteiger partial charge in [-0.2, -0.15) is 0 Å². The van der Waals surface area contributed by atoms with Crippen molar-refractivity contribution < 1.29 is 9.18 Å². The van der Waals surface area contributed by atoms with Gasteiger partial charge in [-0.05, 0) is 25.5 Å². The number of halogens is 1. The second-order valence-electron chi connectivity index (χ2n) is 7.22. The van der Waals surface area contributed by atoms with E-state index in [-0.39, 0.29) is 23.8 Å². The number of nitrogens with zero attached hydrogens (tertiary/aromatic N) is 2. The second-order valence-corrected chi connectivity index (χ2v) is 7.22. The number of benzene rings is 2. The van der Waals surface area contributed by atoms with Crippen LogP contribution in [0.25, 0.3) is 0 Å². The average molecular weight is 369 g/mol. The normalized spacial score (nSPS) is 18.0. The smallest absolute Gasteiger partial charge is 0.237 e. The fourth-order valence-electron chi connectivity index (χ4n) is 3.50. The van der Waals surface area contributed by atoms with Gasteiger partial charge in [-0.25, -0.2) is 4.39 Å². The van der Waals surface area contributed by atoms with E-state index in [1.54, 1.807) is 6.07 Å². The molecule has 4 nitrogen and oxygen atoms in total. The van der Waals surface area contributed by atoms with Crippen LogP contribution in [0.2, 0.25) is 0 Å². The molecule has 1 saturated heterocycles. The summed E-state index contributed by atoms with van der Waals surface area (Å²) in [6.45, 7) is 7.86. The molecule has 1 heterocycles. The summed E-state index contributed by atoms with van der Waals surface area (Å²) in [7, 11) is 0. The zero-order chi connectivity index (χ0) is 19.2. The van der Waals surface area contributed by atoms with Crippen LogP contribution in [-0.2, 0) is 11.3 Å². The molecule has 2 aromatic carbocycles. The van der Waals surface area contributed by atoms with Crippen molar-refractivity contribution in [1.82, 2.24) is 15.1 Å². The minimum absolute atomic E-state index is 0.0107. The molecule has 0 saturated carbocycles. The number of carbonyl (C=O) groups is 1. The quantitative estimate of drug-likeness (QED) is 0.849. The van der Waals surface area contributed by atoms with Crippen molar-refractivity contribution in [2.75, 3.05) is 26.2 Å². The summed E-state index contributed by atoms with van der Waals surface area (Å²) in [6, 6.07) is 16.7. The molecule has 0 bridgehead atoms. The average Bonchev–Trinajstić information content (AvgIpc) is 2.70. The van der Waals surface area contributed by atoms with Crippen LogP contribution in [0.1, 0.15) is 31.0 Å². The maximum Gasteiger partial charge on any atom is 0.237 e. The standard InChI is InChI=1S/C22H28FN3O/c1-17(19-8-4-3-5-9-19)24-22(27)18(2)26-14-12-25(13-15-26)16-20-10-6-7-11-21(20)23/h3-11,17-18H,12-16H2,1-2H3,(H,24,27)/t17-,18+/m1/s1. The van der Waals surface area contributed by atoms with Gasteiger partial charge < -0.3 is 5.32 Å². The van der Waals surface area contributed by atoms with Gasteiger partial charge in [0.1, 0.15) is 5.82 Å². The molecule has 1 aliphatic rings. The Morgan fingerprint density at radius 1 is 1.00 bits per heavy atom. The number of rotatable bonds is 6. The van der Waals surface area contributed by atoms with Gasteiger partial charge >= 0.3 is 0 Å². The number of hydrogen-bond acceptors (Lipinski definition) is 3. The summed E-state index contributed by atoms with van der Waals surface area (Å²) in [6.07, 6.45) is 0. The highest BCUT2D eigenvalue weighted by atomic mass is 19.1. The van der Waals surface area contributed by atoms with Gasteiger partial charge in [0, 0.05) is 38.3 Å². The van der Waals surface area contributed by atoms with Crippen LogP contribution in [0, 0.1) is 5.82 Å². The third-order valence-electron chi connectivity index (χ3n) is 5.34. The van der Waals surface area contributed by atoms with Crippen molar-refractivity contribution in [3.63, 3.8) is 0 Å². The Labute approximate surface area is 161 Å². The van der Waals surface area contributed by atoms with Crippen molar-refractivity contribution >= 4 is 5.91 Å². The predicted octanol–water partition coefficient (Wildman–Crippen LogP) is 3.21. The fourth-order valence-corrected chi connectivity index (χ4v) is 3.50. The molecule has 144 valence electrons. The lowest BCUT2D eigenvalue weighted by Gasteiger charge is -2.37. The zero-order valence-electron chi connectivity index (χ0n) is 16.1. The number of carbonyl (C=O) groups excluding carboxylic acids is 1. The highest BCUT2D eigenvalue weighted by molar-refractivity contribution is 5.81. The van der Waals surface area contributed by atoms with Gasteiger partial charge in [-0.3, -0.25) is 14.6 Å². The zero-order valence-corrected chi connectivity index (χ0v) is 16.1. The number of nitrogens with one attached hydrogen (secondary N) is 1. The summed E-state index contributed by atoms with van der Waals surface area (Å²) >= 11 is 0. The monoisotopic (exact) mass is 369 g/mol. The summed E-state index contributed by atoms with van der Waals surface area (Å²) in [4.78, 5) is 17.1. The summed E-state index contributed by atoms with van der Waals surface area (Å²) in [5.74, 6) is -0.100. The van der Waals surface area contributed by atoms with Crippen molar-refractivity contribution in [2.45, 2.75) is 32.5 Å². The van der Waals surface area contributed by atoms with Gasteiger partial charge in [0.15, 0.2) is 0 Å². The summed E-state index contributed by atoms with van der Waals surface area (Å²) in [5.41, 5.74) is 1.83. The van der Waals surface area contributed by atoms with E-state index >= 15 is 0 Å². The third-order valence-corrected chi connectivity index (χ3v) is 5.34. The van der Waals surface area contributed by atoms with Crippen LogP contribution in [0.3, 0.4) is 0 Å². The largest absolute Gasteiger partial charge is 0.348 e. The van der Waals surface area contributed by atoms with Crippen LogP contribution >= 0.6 is 0 Å². The Morgan fingerprint density at radius 3 is 2.30 bits per heavy atom. The Kier molecular flexibility index (Phi) is 6.58. The van der Waals surface area contributed by atoms with Crippen LogP contribution in [0.5, 0.6) is 0 Å². The Morgan fingerprint density at radius 2 is 1.63 bits per heavy atom. The van der Waals surface area contributed by atoms with Gasteiger partial charge in [0.05, 0.1) is 12.1 Å². The maximum absolute atomic E-state index is 13.8. The number of piperazine rings is 1. The molecule has 27 heavy (non-hydrogen) atoms. The van der Waals surface area contributed by atoms with Crippen LogP contribution < -0.4 is 5.32 Å². The molecule has 2 atom stereocenters. The van der Waals surface area contributed by atoms with Crippen molar-refractivity contribution in [3.05, 3.63) is 71.5 Å². The van der Waals surface area contributed by atoms with Crippen LogP contribution in [0.4, 0.5) is 4.39 Å². The first-order chi connectivity index (χ1) is 13.0. The Balaban J connectivity index is 1.48. The SMILES string of the molecule is C[C@@H](NC(=O)[C@H](C)N1CCN(Cc2ccccc2F)CC1)c1ccccc1. The van der Waals surface area contributed by atoms with E-state index in [0.717, 1.165) is 37.3 Å². The van der Waals surface area contributed by atoms with Crippen LogP contribution in [-0.4, -0.2) is 47.9 Å². The minimum Gasteiger partial charge on any atom is -0.348 e. The summed E-state index contributed by atoms with van der Waals surface area (Å²) in [5, 5.41) is 3.11. The second kappa shape index (κ2) is 9.11. The third kappa shape index (κ3) is 5.15. The Bertz CT molecular complexity index is 744. The van der Waals surface area contributed by atoms with Gasteiger partial charge in [-0.15, -0.1) is 0 Å². The first kappa shape index (κ1) is 19.5. The lowest BCUT2D eigenvalue weighted by atomic mass is 10.1. The molecule has 2 aromatic rings. The van der Waals surface area contributed by atoms with E-state index in [1.165, 1.54) is 6.07 Å². The van der Waals surface area contributed by atoms with E-state index in [4.69, 9.17) is 0 Å². The molecule has 0 unspecified atom stereocenters.